The van der Waals surface area contributed by atoms with E-state index in [1.807, 2.05) is 6.07 Å². The van der Waals surface area contributed by atoms with Gasteiger partial charge in [0.05, 0.1) is 24.7 Å². The van der Waals surface area contributed by atoms with Crippen molar-refractivity contribution in [3.05, 3.63) is 34.9 Å². The molecule has 0 aliphatic carbocycles. The van der Waals surface area contributed by atoms with E-state index >= 15 is 0 Å². The second-order valence-electron chi connectivity index (χ2n) is 3.29. The first-order valence-electron chi connectivity index (χ1n) is 5.08. The molecule has 1 aromatic carbocycles. The molecule has 2 N–H and O–H groups in total. The van der Waals surface area contributed by atoms with Crippen LogP contribution < -0.4 is 5.73 Å². The van der Waals surface area contributed by atoms with Gasteiger partial charge < -0.3 is 10.5 Å². The molecule has 0 spiro atoms. The molecule has 0 unspecified atom stereocenters. The van der Waals surface area contributed by atoms with Gasteiger partial charge in [-0.2, -0.15) is 5.26 Å². The second kappa shape index (κ2) is 5.89. The van der Waals surface area contributed by atoms with Crippen molar-refractivity contribution in [1.82, 2.24) is 0 Å². The highest BCUT2D eigenvalue weighted by Crippen LogP contribution is 2.12. The van der Waals surface area contributed by atoms with E-state index in [2.05, 4.69) is 6.07 Å². The molecular formula is C12H14N2O2. The first-order chi connectivity index (χ1) is 7.71. The van der Waals surface area contributed by atoms with E-state index in [4.69, 9.17) is 15.7 Å². The number of carbonyl (C=O) groups is 1. The fourth-order valence-corrected chi connectivity index (χ4v) is 1.38. The van der Waals surface area contributed by atoms with Crippen molar-refractivity contribution < 1.29 is 9.53 Å². The quantitative estimate of drug-likeness (QED) is 0.768. The van der Waals surface area contributed by atoms with Crippen LogP contribution in [0, 0.1) is 11.3 Å². The molecule has 4 nitrogen and oxygen atoms in total. The van der Waals surface area contributed by atoms with Gasteiger partial charge in [0.1, 0.15) is 0 Å². The van der Waals surface area contributed by atoms with Crippen molar-refractivity contribution in [2.24, 2.45) is 5.73 Å². The molecule has 1 rings (SSSR count). The van der Waals surface area contributed by atoms with Crippen LogP contribution in [-0.2, 0) is 22.5 Å². The molecule has 0 radical (unpaired) electrons. The Morgan fingerprint density at radius 2 is 2.31 bits per heavy atom. The van der Waals surface area contributed by atoms with Crippen LogP contribution in [0.3, 0.4) is 0 Å². The van der Waals surface area contributed by atoms with Crippen molar-refractivity contribution in [1.29, 1.82) is 5.26 Å². The number of ether oxygens (including phenoxy) is 1. The number of rotatable bonds is 4. The van der Waals surface area contributed by atoms with Gasteiger partial charge in [-0.25, -0.2) is 0 Å². The summed E-state index contributed by atoms with van der Waals surface area (Å²) in [5.74, 6) is -0.320. The summed E-state index contributed by atoms with van der Waals surface area (Å²) in [6.45, 7) is 2.48. The minimum absolute atomic E-state index is 0.127. The molecule has 0 fully saturated rings. The monoisotopic (exact) mass is 218 g/mol. The predicted molar refractivity (Wildman–Crippen MR) is 59.4 cm³/mol. The van der Waals surface area contributed by atoms with Crippen molar-refractivity contribution in [2.75, 3.05) is 6.61 Å². The normalized spacial score (nSPS) is 9.56. The number of esters is 1. The van der Waals surface area contributed by atoms with Crippen LogP contribution in [0.2, 0.25) is 0 Å². The largest absolute Gasteiger partial charge is 0.466 e. The highest BCUT2D eigenvalue weighted by atomic mass is 16.5. The number of carbonyl (C=O) groups excluding carboxylic acids is 1. The summed E-state index contributed by atoms with van der Waals surface area (Å²) in [5, 5.41) is 8.94. The smallest absolute Gasteiger partial charge is 0.310 e. The topological polar surface area (TPSA) is 76.1 Å². The Kier molecular flexibility index (Phi) is 4.49. The van der Waals surface area contributed by atoms with Gasteiger partial charge in [-0.05, 0) is 24.1 Å². The average Bonchev–Trinajstić information content (AvgIpc) is 2.30. The zero-order valence-corrected chi connectivity index (χ0v) is 9.19. The van der Waals surface area contributed by atoms with Gasteiger partial charge in [-0.15, -0.1) is 0 Å². The summed E-state index contributed by atoms with van der Waals surface area (Å²) >= 11 is 0. The zero-order chi connectivity index (χ0) is 12.0. The Balaban J connectivity index is 2.88. The van der Waals surface area contributed by atoms with Crippen molar-refractivity contribution in [2.45, 2.75) is 19.9 Å². The molecule has 0 saturated heterocycles. The zero-order valence-electron chi connectivity index (χ0n) is 9.19. The third kappa shape index (κ3) is 3.07. The maximum absolute atomic E-state index is 11.3. The lowest BCUT2D eigenvalue weighted by Gasteiger charge is -2.05. The summed E-state index contributed by atoms with van der Waals surface area (Å²) in [5.41, 5.74) is 7.51. The third-order valence-electron chi connectivity index (χ3n) is 2.17. The van der Waals surface area contributed by atoms with E-state index in [0.717, 1.165) is 5.56 Å². The molecule has 0 heterocycles. The van der Waals surface area contributed by atoms with Gasteiger partial charge in [0.25, 0.3) is 0 Å². The molecule has 4 heteroatoms. The second-order valence-corrected chi connectivity index (χ2v) is 3.29. The van der Waals surface area contributed by atoms with Crippen molar-refractivity contribution in [3.63, 3.8) is 0 Å². The standard InChI is InChI=1S/C12H14N2O2/c1-2-16-12(15)6-10-4-3-9(7-13)5-11(10)8-14/h3-5H,2,6-7,13H2,1H3. The molecule has 0 amide bonds. The number of nitrogens with zero attached hydrogens (tertiary/aromatic N) is 1. The van der Waals surface area contributed by atoms with Crippen LogP contribution >= 0.6 is 0 Å². The predicted octanol–water partition coefficient (Wildman–Crippen LogP) is 1.12. The van der Waals surface area contributed by atoms with Crippen LogP contribution in [0.5, 0.6) is 0 Å². The van der Waals surface area contributed by atoms with Gasteiger partial charge in [-0.3, -0.25) is 4.79 Å². The number of hydrogen-bond donors (Lipinski definition) is 1. The van der Waals surface area contributed by atoms with Gasteiger partial charge >= 0.3 is 5.97 Å². The molecule has 0 aliphatic rings. The van der Waals surface area contributed by atoms with Crippen LogP contribution in [0.25, 0.3) is 0 Å². The molecular weight excluding hydrogens is 204 g/mol. The fourth-order valence-electron chi connectivity index (χ4n) is 1.38. The van der Waals surface area contributed by atoms with Gasteiger partial charge in [-0.1, -0.05) is 12.1 Å². The Morgan fingerprint density at radius 3 is 2.88 bits per heavy atom. The summed E-state index contributed by atoms with van der Waals surface area (Å²) < 4.78 is 4.83. The average molecular weight is 218 g/mol. The SMILES string of the molecule is CCOC(=O)Cc1ccc(CN)cc1C#N. The molecule has 0 saturated carbocycles. The highest BCUT2D eigenvalue weighted by Gasteiger charge is 2.09. The lowest BCUT2D eigenvalue weighted by molar-refractivity contribution is -0.142. The number of hydrogen-bond acceptors (Lipinski definition) is 4. The molecule has 0 aliphatic heterocycles. The fraction of sp³-hybridized carbons (Fsp3) is 0.333. The van der Waals surface area contributed by atoms with Crippen LogP contribution in [-0.4, -0.2) is 12.6 Å². The maximum atomic E-state index is 11.3. The lowest BCUT2D eigenvalue weighted by atomic mass is 10.0. The minimum atomic E-state index is -0.320. The molecule has 0 bridgehead atoms. The third-order valence-corrected chi connectivity index (χ3v) is 2.17. The lowest BCUT2D eigenvalue weighted by Crippen LogP contribution is -2.09. The first-order valence-corrected chi connectivity index (χ1v) is 5.08. The molecule has 0 atom stereocenters. The summed E-state index contributed by atoms with van der Waals surface area (Å²) in [6, 6.07) is 7.32. The van der Waals surface area contributed by atoms with Gasteiger partial charge in [0.15, 0.2) is 0 Å². The summed E-state index contributed by atoms with van der Waals surface area (Å²) in [6.07, 6.45) is 0.127. The Labute approximate surface area is 94.6 Å². The molecule has 0 aromatic heterocycles. The van der Waals surface area contributed by atoms with Crippen LogP contribution in [0.15, 0.2) is 18.2 Å². The Morgan fingerprint density at radius 1 is 1.56 bits per heavy atom. The maximum Gasteiger partial charge on any atom is 0.310 e. The minimum Gasteiger partial charge on any atom is -0.466 e. The van der Waals surface area contributed by atoms with E-state index < -0.39 is 0 Å². The highest BCUT2D eigenvalue weighted by molar-refractivity contribution is 5.73. The number of benzene rings is 1. The molecule has 16 heavy (non-hydrogen) atoms. The van der Waals surface area contributed by atoms with E-state index in [0.29, 0.717) is 24.3 Å². The molecule has 1 aromatic rings. The Bertz CT molecular complexity index is 422. The van der Waals surface area contributed by atoms with Crippen molar-refractivity contribution >= 4 is 5.97 Å². The van der Waals surface area contributed by atoms with E-state index in [-0.39, 0.29) is 12.4 Å². The molecule has 84 valence electrons. The number of nitriles is 1. The first kappa shape index (κ1) is 12.2. The van der Waals surface area contributed by atoms with Crippen LogP contribution in [0.1, 0.15) is 23.6 Å². The van der Waals surface area contributed by atoms with Crippen molar-refractivity contribution in [3.8, 4) is 6.07 Å². The van der Waals surface area contributed by atoms with Gasteiger partial charge in [0.2, 0.25) is 0 Å². The Hall–Kier alpha value is -1.86. The van der Waals surface area contributed by atoms with Crippen LogP contribution in [0.4, 0.5) is 0 Å². The summed E-state index contributed by atoms with van der Waals surface area (Å²) in [7, 11) is 0. The van der Waals surface area contributed by atoms with Gasteiger partial charge in [0, 0.05) is 6.54 Å². The summed E-state index contributed by atoms with van der Waals surface area (Å²) in [4.78, 5) is 11.3. The number of nitrogens with two attached hydrogens (primary N) is 1. The van der Waals surface area contributed by atoms with E-state index in [9.17, 15) is 4.79 Å². The van der Waals surface area contributed by atoms with E-state index in [1.165, 1.54) is 0 Å². The van der Waals surface area contributed by atoms with E-state index in [1.54, 1.807) is 19.1 Å².